The lowest BCUT2D eigenvalue weighted by molar-refractivity contribution is 0.114. The Morgan fingerprint density at radius 2 is 1.61 bits per heavy atom. The molecule has 0 bridgehead atoms. The van der Waals surface area contributed by atoms with Crippen LogP contribution in [0.5, 0.6) is 0 Å². The quantitative estimate of drug-likeness (QED) is 0.180. The number of nitrogens with zero attached hydrogens (tertiary/aromatic N) is 1. The molecule has 2 heterocycles. The van der Waals surface area contributed by atoms with Crippen molar-refractivity contribution in [2.75, 3.05) is 0 Å². The van der Waals surface area contributed by atoms with E-state index in [1.165, 1.54) is 43.5 Å². The summed E-state index contributed by atoms with van der Waals surface area (Å²) in [4.78, 5) is 4.78. The van der Waals surface area contributed by atoms with Gasteiger partial charge in [0.15, 0.2) is 0 Å². The molecule has 0 radical (unpaired) electrons. The van der Waals surface area contributed by atoms with Crippen LogP contribution in [0.2, 0.25) is 19.6 Å². The molecule has 2 saturated carbocycles. The van der Waals surface area contributed by atoms with Gasteiger partial charge < -0.3 is 4.42 Å². The van der Waals surface area contributed by atoms with Gasteiger partial charge in [-0.15, -0.1) is 0 Å². The molecule has 2 aliphatic rings. The number of furan rings is 1. The smallest absolute Gasteiger partial charge is 0.144 e. The van der Waals surface area contributed by atoms with E-state index >= 15 is 0 Å². The minimum Gasteiger partial charge on any atom is -0.455 e. The van der Waals surface area contributed by atoms with Crippen molar-refractivity contribution in [2.24, 2.45) is 10.8 Å². The Bertz CT molecular complexity index is 2120. The second-order valence-electron chi connectivity index (χ2n) is 16.2. The fourth-order valence-corrected chi connectivity index (χ4v) is 9.19. The summed E-state index contributed by atoms with van der Waals surface area (Å²) in [6, 6.07) is 20.5. The van der Waals surface area contributed by atoms with Crippen molar-refractivity contribution in [2.45, 2.75) is 117 Å². The monoisotopic (exact) mass is 633 g/mol. The third-order valence-electron chi connectivity index (χ3n) is 10.6. The van der Waals surface area contributed by atoms with Crippen LogP contribution in [0.3, 0.4) is 0 Å². The Morgan fingerprint density at radius 3 is 2.28 bits per heavy atom. The van der Waals surface area contributed by atoms with Gasteiger partial charge in [0, 0.05) is 36.3 Å². The first kappa shape index (κ1) is 24.9. The van der Waals surface area contributed by atoms with Crippen LogP contribution >= 0.6 is 0 Å². The number of fused-ring (bicyclic) bond motifs is 3. The van der Waals surface area contributed by atoms with Gasteiger partial charge in [-0.25, -0.2) is 0 Å². The van der Waals surface area contributed by atoms with E-state index in [0.29, 0.717) is 46.4 Å². The molecule has 0 unspecified atom stereocenters. The number of aromatic nitrogens is 1. The summed E-state index contributed by atoms with van der Waals surface area (Å²) in [7, 11) is -1.49. The van der Waals surface area contributed by atoms with E-state index in [0.717, 1.165) is 34.7 Å². The average Bonchev–Trinajstić information content (AvgIpc) is 3.47. The maximum Gasteiger partial charge on any atom is 0.144 e. The normalized spacial score (nSPS) is 20.9. The van der Waals surface area contributed by atoms with E-state index in [9.17, 15) is 4.11 Å². The Labute approximate surface area is 286 Å². The molecule has 0 atom stereocenters. The highest BCUT2D eigenvalue weighted by atomic mass is 28.3. The third kappa shape index (κ3) is 6.12. The van der Waals surface area contributed by atoms with Gasteiger partial charge in [0.25, 0.3) is 0 Å². The second kappa shape index (κ2) is 11.8. The Kier molecular flexibility index (Phi) is 6.40. The first-order valence-electron chi connectivity index (χ1n) is 20.3. The van der Waals surface area contributed by atoms with Crippen molar-refractivity contribution in [1.29, 1.82) is 0 Å². The molecule has 2 aromatic heterocycles. The highest BCUT2D eigenvalue weighted by Crippen LogP contribution is 2.51. The molecule has 0 amide bonds. The molecule has 240 valence electrons. The Morgan fingerprint density at radius 1 is 0.891 bits per heavy atom. The summed E-state index contributed by atoms with van der Waals surface area (Å²) in [5, 5.41) is 3.05. The van der Waals surface area contributed by atoms with Gasteiger partial charge in [0.1, 0.15) is 11.2 Å². The second-order valence-corrected chi connectivity index (χ2v) is 21.2. The van der Waals surface area contributed by atoms with Gasteiger partial charge >= 0.3 is 0 Å². The minimum atomic E-state index is -2.42. The molecule has 5 aromatic rings. The molecule has 3 heteroatoms. The predicted octanol–water partition coefficient (Wildman–Crippen LogP) is 12.4. The zero-order valence-electron chi connectivity index (χ0n) is 34.6. The van der Waals surface area contributed by atoms with Crippen LogP contribution in [0.1, 0.15) is 109 Å². The van der Waals surface area contributed by atoms with Gasteiger partial charge in [-0.1, -0.05) is 107 Å². The van der Waals surface area contributed by atoms with Crippen LogP contribution in [0.15, 0.2) is 71.3 Å². The lowest BCUT2D eigenvalue weighted by Gasteiger charge is -2.43. The number of hydrogen-bond donors (Lipinski definition) is 0. The van der Waals surface area contributed by atoms with Crippen molar-refractivity contribution >= 4 is 35.2 Å². The first-order valence-corrected chi connectivity index (χ1v) is 20.8. The molecule has 2 aliphatic carbocycles. The van der Waals surface area contributed by atoms with E-state index in [-0.39, 0.29) is 11.0 Å². The average molecular weight is 634 g/mol. The van der Waals surface area contributed by atoms with Crippen molar-refractivity contribution in [1.82, 2.24) is 4.98 Å². The fraction of sp³-hybridized carbons (Fsp3) is 0.465. The van der Waals surface area contributed by atoms with Crippen LogP contribution in [-0.2, 0) is 6.37 Å². The van der Waals surface area contributed by atoms with Crippen molar-refractivity contribution in [3.8, 4) is 22.4 Å². The largest absolute Gasteiger partial charge is 0.455 e. The van der Waals surface area contributed by atoms with Gasteiger partial charge in [0.2, 0.25) is 0 Å². The molecular weight excluding hydrogens is 575 g/mol. The maximum absolute atomic E-state index is 9.84. The summed E-state index contributed by atoms with van der Waals surface area (Å²) in [6.07, 6.45) is 9.00. The van der Waals surface area contributed by atoms with E-state index in [1.807, 2.05) is 51.1 Å². The molecule has 0 aliphatic heterocycles. The first-order chi connectivity index (χ1) is 24.2. The topological polar surface area (TPSA) is 26.0 Å². The molecule has 46 heavy (non-hydrogen) atoms. The summed E-state index contributed by atoms with van der Waals surface area (Å²) in [5.41, 5.74) is 5.14. The highest BCUT2D eigenvalue weighted by molar-refractivity contribution is 6.88. The molecule has 3 aromatic carbocycles. The van der Waals surface area contributed by atoms with E-state index < -0.39 is 32.6 Å². The third-order valence-corrected chi connectivity index (χ3v) is 12.6. The standard InChI is InChI=1S/C43H53NOSi/c1-29-28-44-39(26-36(29)32-18-22-43(23-19-32)20-9-8-10-21-43)38-25-30(27-42(2,3)4)24-37-35-13-11-12-34(40(35)45-41(37)38)31-14-16-33(17-15-31)46(5,6)7/h11-17,24-26,28,32H,8-10,18-23,27H2,1-7H3/i1D3,27D2,32D. The van der Waals surface area contributed by atoms with Crippen LogP contribution in [0, 0.1) is 17.7 Å². The summed E-state index contributed by atoms with van der Waals surface area (Å²) >= 11 is 0. The van der Waals surface area contributed by atoms with Crippen LogP contribution in [0.25, 0.3) is 44.3 Å². The van der Waals surface area contributed by atoms with Crippen LogP contribution in [0.4, 0.5) is 0 Å². The number of benzene rings is 3. The van der Waals surface area contributed by atoms with Gasteiger partial charge in [0.05, 0.1) is 13.8 Å². The molecule has 0 saturated heterocycles. The fourth-order valence-electron chi connectivity index (χ4n) is 8.02. The lowest BCUT2D eigenvalue weighted by Crippen LogP contribution is -2.37. The number of rotatable bonds is 5. The molecule has 1 spiro atoms. The van der Waals surface area contributed by atoms with Crippen molar-refractivity contribution < 1.29 is 12.6 Å². The number of para-hydroxylation sites is 1. The molecule has 2 nitrogen and oxygen atoms in total. The molecule has 2 fully saturated rings. The predicted molar refractivity (Wildman–Crippen MR) is 200 cm³/mol. The summed E-state index contributed by atoms with van der Waals surface area (Å²) in [5.74, 6) is -1.05. The molecular formula is C43H53NOSi. The zero-order chi connectivity index (χ0) is 37.5. The maximum atomic E-state index is 9.84. The summed E-state index contributed by atoms with van der Waals surface area (Å²) in [6.45, 7) is 10.3. The van der Waals surface area contributed by atoms with Crippen molar-refractivity contribution in [3.63, 3.8) is 0 Å². The summed E-state index contributed by atoms with van der Waals surface area (Å²) < 4.78 is 60.7. The minimum absolute atomic E-state index is 0.136. The van der Waals surface area contributed by atoms with Crippen LogP contribution in [-0.4, -0.2) is 13.1 Å². The van der Waals surface area contributed by atoms with E-state index in [2.05, 4.69) is 50.0 Å². The van der Waals surface area contributed by atoms with Crippen molar-refractivity contribution in [3.05, 3.63) is 83.6 Å². The highest BCUT2D eigenvalue weighted by Gasteiger charge is 2.37. The SMILES string of the molecule is [2H]C([2H])([2H])c1cnc(-c2cc(C([2H])([2H])C(C)(C)C)cc3c2oc2c(-c4ccc([Si](C)(C)C)cc4)cccc23)cc1C1([2H])CCC2(CCCCC2)CC1. The number of aryl methyl sites for hydroxylation is 1. The number of pyridine rings is 1. The number of hydrogen-bond acceptors (Lipinski definition) is 2. The van der Waals surface area contributed by atoms with E-state index in [1.54, 1.807) is 0 Å². The van der Waals surface area contributed by atoms with Gasteiger partial charge in [-0.3, -0.25) is 4.98 Å². The van der Waals surface area contributed by atoms with E-state index in [4.69, 9.17) is 13.5 Å². The van der Waals surface area contributed by atoms with Crippen LogP contribution < -0.4 is 5.19 Å². The van der Waals surface area contributed by atoms with Gasteiger partial charge in [-0.05, 0) is 109 Å². The van der Waals surface area contributed by atoms with Gasteiger partial charge in [-0.2, -0.15) is 0 Å². The zero-order valence-corrected chi connectivity index (χ0v) is 29.6. The molecule has 7 rings (SSSR count). The Hall–Kier alpha value is -3.17. The Balaban J connectivity index is 1.44. The molecule has 0 N–H and O–H groups in total. The lowest BCUT2D eigenvalue weighted by atomic mass is 9.62.